The molecule has 0 amide bonds. The van der Waals surface area contributed by atoms with Gasteiger partial charge in [-0.1, -0.05) is 17.6 Å². The lowest BCUT2D eigenvalue weighted by atomic mass is 10.4. The third-order valence-electron chi connectivity index (χ3n) is 2.26. The monoisotopic (exact) mass is 299 g/mol. The smallest absolute Gasteiger partial charge is 0.307 e. The normalized spacial score (nSPS) is 10.0. The Kier molecular flexibility index (Phi) is 4.59. The van der Waals surface area contributed by atoms with Crippen molar-refractivity contribution in [1.82, 2.24) is 14.5 Å². The van der Waals surface area contributed by atoms with Crippen LogP contribution in [0, 0.1) is 0 Å². The lowest BCUT2D eigenvalue weighted by Gasteiger charge is -2.01. The number of hydrogen-bond donors (Lipinski definition) is 1. The molecule has 0 fully saturated rings. The Morgan fingerprint density at radius 1 is 1.59 bits per heavy atom. The molecule has 7 heteroatoms. The van der Waals surface area contributed by atoms with E-state index >= 15 is 0 Å². The number of aromatic nitrogens is 4. The zero-order valence-electron chi connectivity index (χ0n) is 9.72. The van der Waals surface area contributed by atoms with E-state index in [0.717, 1.165) is 11.2 Å². The Morgan fingerprint density at radius 3 is 3.00 bits per heavy atom. The number of aryl methyl sites for hydroxylation is 1. The summed E-state index contributed by atoms with van der Waals surface area (Å²) in [4.78, 5) is 13.3. The van der Waals surface area contributed by atoms with Crippen molar-refractivity contribution in [2.75, 3.05) is 12.6 Å². The summed E-state index contributed by atoms with van der Waals surface area (Å²) >= 11 is 0. The fourth-order valence-corrected chi connectivity index (χ4v) is 1.66. The Morgan fingerprint density at radius 2 is 2.35 bits per heavy atom. The summed E-state index contributed by atoms with van der Waals surface area (Å²) in [5, 5.41) is 0. The molecular formula is C10H14BrN5O. The van der Waals surface area contributed by atoms with Gasteiger partial charge in [0, 0.05) is 0 Å². The van der Waals surface area contributed by atoms with E-state index in [1.165, 1.54) is 6.33 Å². The fourth-order valence-electron chi connectivity index (χ4n) is 1.66. The molecule has 6 nitrogen and oxygen atoms in total. The molecule has 2 aromatic rings. The Bertz CT molecular complexity index is 525. The number of hydrogen-bond acceptors (Lipinski definition) is 4. The van der Waals surface area contributed by atoms with Crippen LogP contribution in [0.3, 0.4) is 0 Å². The second-order valence-corrected chi connectivity index (χ2v) is 3.37. The number of rotatable bonds is 4. The Labute approximate surface area is 110 Å². The van der Waals surface area contributed by atoms with Gasteiger partial charge in [0.1, 0.15) is 0 Å². The molecule has 0 saturated carbocycles. The standard InChI is InChI=1S/C10H14N5O.BrH/c1-4-5-15-7-14(2)10-8(15)9(13-16-3)11-6-12-10;/h4,6-7H,1,5H2,2-3H3,(H,11,12,13);1H/q+1;/p-1. The first-order valence-corrected chi connectivity index (χ1v) is 4.87. The van der Waals surface area contributed by atoms with Crippen LogP contribution in [0.15, 0.2) is 25.3 Å². The molecule has 2 aromatic heterocycles. The predicted molar refractivity (Wildman–Crippen MR) is 59.5 cm³/mol. The van der Waals surface area contributed by atoms with Gasteiger partial charge in [0.25, 0.3) is 0 Å². The predicted octanol–water partition coefficient (Wildman–Crippen LogP) is -2.58. The van der Waals surface area contributed by atoms with E-state index in [1.54, 1.807) is 7.11 Å². The van der Waals surface area contributed by atoms with E-state index in [0.29, 0.717) is 12.4 Å². The first kappa shape index (κ1) is 13.6. The summed E-state index contributed by atoms with van der Waals surface area (Å²) in [6.45, 7) is 4.42. The van der Waals surface area contributed by atoms with Crippen LogP contribution in [0.2, 0.25) is 0 Å². The SMILES string of the molecule is C=CCn1c[n+](C)c2ncnc(NOC)c21.[Br-]. The van der Waals surface area contributed by atoms with Crippen molar-refractivity contribution in [3.05, 3.63) is 25.3 Å². The Hall–Kier alpha value is -1.47. The number of nitrogens with one attached hydrogen (secondary N) is 1. The maximum Gasteiger partial charge on any atom is 0.307 e. The lowest BCUT2D eigenvalue weighted by Crippen LogP contribution is -3.00. The van der Waals surface area contributed by atoms with Crippen LogP contribution in [-0.2, 0) is 18.4 Å². The highest BCUT2D eigenvalue weighted by atomic mass is 79.9. The van der Waals surface area contributed by atoms with Crippen molar-refractivity contribution in [1.29, 1.82) is 0 Å². The van der Waals surface area contributed by atoms with Crippen molar-refractivity contribution in [2.45, 2.75) is 6.54 Å². The van der Waals surface area contributed by atoms with Crippen LogP contribution < -0.4 is 27.0 Å². The summed E-state index contributed by atoms with van der Waals surface area (Å²) in [5.74, 6) is 0.648. The average molecular weight is 300 g/mol. The van der Waals surface area contributed by atoms with E-state index in [-0.39, 0.29) is 17.0 Å². The molecule has 2 heterocycles. The molecule has 0 atom stereocenters. The number of anilines is 1. The van der Waals surface area contributed by atoms with Gasteiger partial charge in [-0.05, 0) is 0 Å². The lowest BCUT2D eigenvalue weighted by molar-refractivity contribution is -0.647. The summed E-state index contributed by atoms with van der Waals surface area (Å²) in [5.41, 5.74) is 4.48. The van der Waals surface area contributed by atoms with E-state index in [1.807, 2.05) is 28.6 Å². The van der Waals surface area contributed by atoms with Crippen LogP contribution in [0.5, 0.6) is 0 Å². The van der Waals surface area contributed by atoms with Crippen molar-refractivity contribution in [2.24, 2.45) is 7.05 Å². The molecule has 0 spiro atoms. The molecule has 0 aliphatic carbocycles. The summed E-state index contributed by atoms with van der Waals surface area (Å²) in [6.07, 6.45) is 5.27. The third-order valence-corrected chi connectivity index (χ3v) is 2.26. The maximum absolute atomic E-state index is 4.89. The Balaban J connectivity index is 0.00000144. The largest absolute Gasteiger partial charge is 1.00 e. The minimum atomic E-state index is 0. The summed E-state index contributed by atoms with van der Waals surface area (Å²) in [6, 6.07) is 0. The molecular weight excluding hydrogens is 286 g/mol. The van der Waals surface area contributed by atoms with Crippen LogP contribution in [0.4, 0.5) is 5.82 Å². The number of allylic oxidation sites excluding steroid dienone is 1. The molecule has 2 rings (SSSR count). The van der Waals surface area contributed by atoms with Crippen LogP contribution in [0.25, 0.3) is 11.2 Å². The molecule has 1 N–H and O–H groups in total. The number of fused-ring (bicyclic) bond motifs is 1. The van der Waals surface area contributed by atoms with Gasteiger partial charge < -0.3 is 17.0 Å². The van der Waals surface area contributed by atoms with E-state index in [4.69, 9.17) is 4.84 Å². The maximum atomic E-state index is 4.89. The molecule has 0 saturated heterocycles. The van der Waals surface area contributed by atoms with Crippen molar-refractivity contribution >= 4 is 17.0 Å². The van der Waals surface area contributed by atoms with Gasteiger partial charge in [-0.3, -0.25) is 9.40 Å². The van der Waals surface area contributed by atoms with Gasteiger partial charge in [-0.25, -0.2) is 10.0 Å². The first-order chi connectivity index (χ1) is 7.77. The van der Waals surface area contributed by atoms with Gasteiger partial charge in [0.15, 0.2) is 18.5 Å². The first-order valence-electron chi connectivity index (χ1n) is 4.87. The van der Waals surface area contributed by atoms with E-state index in [9.17, 15) is 0 Å². The molecule has 17 heavy (non-hydrogen) atoms. The topological polar surface area (TPSA) is 55.9 Å². The summed E-state index contributed by atoms with van der Waals surface area (Å²) in [7, 11) is 3.49. The highest BCUT2D eigenvalue weighted by Gasteiger charge is 2.18. The van der Waals surface area contributed by atoms with E-state index in [2.05, 4.69) is 22.0 Å². The van der Waals surface area contributed by atoms with Gasteiger partial charge >= 0.3 is 5.65 Å². The molecule has 0 aliphatic heterocycles. The molecule has 0 aliphatic rings. The number of halogens is 1. The van der Waals surface area contributed by atoms with Crippen molar-refractivity contribution < 1.29 is 26.4 Å². The van der Waals surface area contributed by atoms with Crippen LogP contribution in [-0.4, -0.2) is 21.6 Å². The van der Waals surface area contributed by atoms with Crippen molar-refractivity contribution in [3.8, 4) is 0 Å². The molecule has 0 radical (unpaired) electrons. The van der Waals surface area contributed by atoms with Gasteiger partial charge in [-0.15, -0.1) is 0 Å². The number of nitrogens with zero attached hydrogens (tertiary/aromatic N) is 4. The number of imidazole rings is 1. The van der Waals surface area contributed by atoms with Crippen LogP contribution in [0.1, 0.15) is 0 Å². The van der Waals surface area contributed by atoms with Gasteiger partial charge in [0.2, 0.25) is 5.52 Å². The third kappa shape index (κ3) is 2.45. The second-order valence-electron chi connectivity index (χ2n) is 3.37. The molecule has 0 unspecified atom stereocenters. The highest BCUT2D eigenvalue weighted by Crippen LogP contribution is 2.16. The van der Waals surface area contributed by atoms with Gasteiger partial charge in [0.05, 0.1) is 20.7 Å². The molecule has 92 valence electrons. The zero-order chi connectivity index (χ0) is 11.5. The quantitative estimate of drug-likeness (QED) is 0.383. The van der Waals surface area contributed by atoms with Gasteiger partial charge in [-0.2, -0.15) is 4.98 Å². The minimum absolute atomic E-state index is 0. The van der Waals surface area contributed by atoms with E-state index < -0.39 is 0 Å². The molecule has 0 aromatic carbocycles. The molecule has 0 bridgehead atoms. The van der Waals surface area contributed by atoms with Crippen molar-refractivity contribution in [3.63, 3.8) is 0 Å². The highest BCUT2D eigenvalue weighted by molar-refractivity contribution is 5.80. The second kappa shape index (κ2) is 5.74. The fraction of sp³-hybridized carbons (Fsp3) is 0.300. The minimum Gasteiger partial charge on any atom is -1.00 e. The zero-order valence-corrected chi connectivity index (χ0v) is 11.3. The van der Waals surface area contributed by atoms with Crippen LogP contribution >= 0.6 is 0 Å². The summed E-state index contributed by atoms with van der Waals surface area (Å²) < 4.78 is 3.94. The average Bonchev–Trinajstić information content (AvgIpc) is 2.58.